The van der Waals surface area contributed by atoms with E-state index in [-0.39, 0.29) is 0 Å². The predicted octanol–water partition coefficient (Wildman–Crippen LogP) is 7.38. The van der Waals surface area contributed by atoms with Crippen molar-refractivity contribution in [3.8, 4) is 11.8 Å². The van der Waals surface area contributed by atoms with Gasteiger partial charge in [0.2, 0.25) is 0 Å². The quantitative estimate of drug-likeness (QED) is 0.202. The third-order valence-corrected chi connectivity index (χ3v) is 5.56. The number of allylic oxidation sites excluding steroid dienone is 3. The molecule has 0 spiro atoms. The molecule has 2 N–H and O–H groups in total. The SMILES string of the molecule is C=C(/C=C(/C=O)N(C)c1ccc(OC)cc1)c1ccc(C#N)cc1.CC.CCC(N)CCCC(C)C. The van der Waals surface area contributed by atoms with Crippen LogP contribution in [0.1, 0.15) is 71.4 Å². The number of rotatable bonds is 11. The van der Waals surface area contributed by atoms with E-state index in [9.17, 15) is 4.79 Å². The molecule has 0 radical (unpaired) electrons. The fourth-order valence-electron chi connectivity index (χ4n) is 3.18. The second kappa shape index (κ2) is 18.9. The van der Waals surface area contributed by atoms with Crippen LogP contribution in [0.3, 0.4) is 0 Å². The van der Waals surface area contributed by atoms with Crippen LogP contribution in [0.25, 0.3) is 5.57 Å². The van der Waals surface area contributed by atoms with Gasteiger partial charge < -0.3 is 15.4 Å². The highest BCUT2D eigenvalue weighted by Crippen LogP contribution is 2.23. The number of methoxy groups -OCH3 is 1. The molecule has 36 heavy (non-hydrogen) atoms. The van der Waals surface area contributed by atoms with E-state index < -0.39 is 0 Å². The number of nitriles is 1. The summed E-state index contributed by atoms with van der Waals surface area (Å²) in [5.41, 5.74) is 9.24. The van der Waals surface area contributed by atoms with Gasteiger partial charge in [-0.1, -0.05) is 66.2 Å². The zero-order chi connectivity index (χ0) is 27.5. The largest absolute Gasteiger partial charge is 0.497 e. The topological polar surface area (TPSA) is 79.3 Å². The molecule has 5 heteroatoms. The third-order valence-electron chi connectivity index (χ3n) is 5.56. The van der Waals surface area contributed by atoms with Gasteiger partial charge in [-0.05, 0) is 72.4 Å². The minimum absolute atomic E-state index is 0.443. The lowest BCUT2D eigenvalue weighted by molar-refractivity contribution is -0.104. The summed E-state index contributed by atoms with van der Waals surface area (Å²) in [6.07, 6.45) is 7.46. The summed E-state index contributed by atoms with van der Waals surface area (Å²) in [6, 6.07) is 17.0. The molecule has 2 aromatic rings. The first-order valence-corrected chi connectivity index (χ1v) is 12.7. The number of aldehydes is 1. The fourth-order valence-corrected chi connectivity index (χ4v) is 3.18. The Morgan fingerprint density at radius 2 is 1.69 bits per heavy atom. The number of nitrogens with zero attached hydrogens (tertiary/aromatic N) is 2. The maximum Gasteiger partial charge on any atom is 0.166 e. The van der Waals surface area contributed by atoms with Crippen LogP contribution in [-0.4, -0.2) is 26.5 Å². The first-order chi connectivity index (χ1) is 17.2. The van der Waals surface area contributed by atoms with Crippen LogP contribution in [0.4, 0.5) is 5.69 Å². The number of ether oxygens (including phenoxy) is 1. The molecule has 0 bridgehead atoms. The lowest BCUT2D eigenvalue weighted by Crippen LogP contribution is -2.18. The predicted molar refractivity (Wildman–Crippen MR) is 154 cm³/mol. The van der Waals surface area contributed by atoms with Crippen molar-refractivity contribution in [3.63, 3.8) is 0 Å². The van der Waals surface area contributed by atoms with Crippen molar-refractivity contribution < 1.29 is 9.53 Å². The summed E-state index contributed by atoms with van der Waals surface area (Å²) in [5, 5.41) is 8.84. The number of likely N-dealkylation sites (N-methyl/N-ethyl adjacent to an activating group) is 1. The molecule has 0 saturated carbocycles. The Balaban J connectivity index is 0.000000861. The first kappa shape index (κ1) is 32.6. The van der Waals surface area contributed by atoms with Crippen molar-refractivity contribution in [2.45, 2.75) is 66.3 Å². The molecule has 0 amide bonds. The Labute approximate surface area is 219 Å². The highest BCUT2D eigenvalue weighted by molar-refractivity contribution is 5.86. The number of benzene rings is 2. The summed E-state index contributed by atoms with van der Waals surface area (Å²) in [6.45, 7) is 14.7. The Kier molecular flexibility index (Phi) is 17.1. The first-order valence-electron chi connectivity index (χ1n) is 12.7. The molecule has 0 aliphatic rings. The number of carbonyl (C=O) groups excluding carboxylic acids is 1. The molecule has 0 fully saturated rings. The van der Waals surface area contributed by atoms with Gasteiger partial charge in [0.15, 0.2) is 6.29 Å². The standard InChI is InChI=1S/C20H18N2O2.C9H21N.C2H6/c1-15(17-6-4-16(13-21)5-7-17)12-19(14-23)22(2)18-8-10-20(24-3)11-9-18;1-4-9(10)7-5-6-8(2)3;1-2/h4-12,14H,1H2,2-3H3;8-9H,4-7,10H2,1-3H3;1-2H3/b19-12-;;. The van der Waals surface area contributed by atoms with Gasteiger partial charge in [-0.2, -0.15) is 5.26 Å². The smallest absolute Gasteiger partial charge is 0.166 e. The zero-order valence-electron chi connectivity index (χ0n) is 23.3. The zero-order valence-corrected chi connectivity index (χ0v) is 23.3. The number of anilines is 1. The molecular weight excluding hydrogens is 446 g/mol. The summed E-state index contributed by atoms with van der Waals surface area (Å²) in [4.78, 5) is 13.3. The van der Waals surface area contributed by atoms with Crippen molar-refractivity contribution in [1.82, 2.24) is 0 Å². The van der Waals surface area contributed by atoms with Crippen LogP contribution >= 0.6 is 0 Å². The van der Waals surface area contributed by atoms with Gasteiger partial charge in [-0.3, -0.25) is 4.79 Å². The van der Waals surface area contributed by atoms with Crippen LogP contribution < -0.4 is 15.4 Å². The minimum atomic E-state index is 0.443. The van der Waals surface area contributed by atoms with Crippen LogP contribution in [0.2, 0.25) is 0 Å². The van der Waals surface area contributed by atoms with Crippen LogP contribution in [0.15, 0.2) is 66.9 Å². The highest BCUT2D eigenvalue weighted by Gasteiger charge is 2.08. The van der Waals surface area contributed by atoms with Crippen LogP contribution in [-0.2, 0) is 4.79 Å². The lowest BCUT2D eigenvalue weighted by Gasteiger charge is -2.19. The molecule has 0 heterocycles. The summed E-state index contributed by atoms with van der Waals surface area (Å²) >= 11 is 0. The Morgan fingerprint density at radius 3 is 2.14 bits per heavy atom. The van der Waals surface area contributed by atoms with Gasteiger partial charge in [0.25, 0.3) is 0 Å². The summed E-state index contributed by atoms with van der Waals surface area (Å²) < 4.78 is 5.14. The fraction of sp³-hybridized carbons (Fsp3) is 0.419. The number of hydrogen-bond donors (Lipinski definition) is 1. The molecule has 0 aliphatic heterocycles. The van der Waals surface area contributed by atoms with Crippen LogP contribution in [0.5, 0.6) is 5.75 Å². The van der Waals surface area contributed by atoms with Gasteiger partial charge in [0.1, 0.15) is 5.75 Å². The van der Waals surface area contributed by atoms with Gasteiger partial charge in [0, 0.05) is 18.8 Å². The summed E-state index contributed by atoms with van der Waals surface area (Å²) in [5.74, 6) is 1.59. The second-order valence-electron chi connectivity index (χ2n) is 8.65. The Morgan fingerprint density at radius 1 is 1.11 bits per heavy atom. The molecular formula is C31H45N3O2. The maximum absolute atomic E-state index is 11.5. The lowest BCUT2D eigenvalue weighted by atomic mass is 10.0. The molecule has 5 nitrogen and oxygen atoms in total. The Bertz CT molecular complexity index is 955. The molecule has 2 aromatic carbocycles. The molecule has 1 atom stereocenters. The van der Waals surface area contributed by atoms with E-state index in [1.54, 1.807) is 30.2 Å². The van der Waals surface area contributed by atoms with Gasteiger partial charge in [0.05, 0.1) is 24.4 Å². The van der Waals surface area contributed by atoms with E-state index in [2.05, 4.69) is 33.4 Å². The van der Waals surface area contributed by atoms with Crippen LogP contribution in [0, 0.1) is 17.2 Å². The average Bonchev–Trinajstić information content (AvgIpc) is 2.92. The van der Waals surface area contributed by atoms with E-state index in [1.807, 2.05) is 57.3 Å². The van der Waals surface area contributed by atoms with Crippen molar-refractivity contribution >= 4 is 17.5 Å². The number of carbonyl (C=O) groups is 1. The summed E-state index contributed by atoms with van der Waals surface area (Å²) in [7, 11) is 3.42. The monoisotopic (exact) mass is 491 g/mol. The van der Waals surface area contributed by atoms with E-state index in [0.29, 0.717) is 22.9 Å². The third kappa shape index (κ3) is 12.4. The molecule has 0 saturated heterocycles. The average molecular weight is 492 g/mol. The van der Waals surface area contributed by atoms with Gasteiger partial charge in [-0.25, -0.2) is 0 Å². The molecule has 2 rings (SSSR count). The molecule has 0 aliphatic carbocycles. The van der Waals surface area contributed by atoms with Crippen molar-refractivity contribution in [3.05, 3.63) is 78.0 Å². The highest BCUT2D eigenvalue weighted by atomic mass is 16.5. The van der Waals surface area contributed by atoms with Crippen molar-refractivity contribution in [2.24, 2.45) is 11.7 Å². The number of nitrogens with two attached hydrogens (primary N) is 1. The molecule has 196 valence electrons. The number of hydrogen-bond acceptors (Lipinski definition) is 5. The minimum Gasteiger partial charge on any atom is -0.497 e. The van der Waals surface area contributed by atoms with E-state index in [0.717, 1.165) is 35.6 Å². The van der Waals surface area contributed by atoms with Gasteiger partial charge in [-0.15, -0.1) is 0 Å². The van der Waals surface area contributed by atoms with E-state index in [1.165, 1.54) is 19.3 Å². The van der Waals surface area contributed by atoms with Crippen molar-refractivity contribution in [2.75, 3.05) is 19.1 Å². The Hall–Kier alpha value is -3.36. The maximum atomic E-state index is 11.5. The van der Waals surface area contributed by atoms with E-state index in [4.69, 9.17) is 15.7 Å². The van der Waals surface area contributed by atoms with E-state index >= 15 is 0 Å². The van der Waals surface area contributed by atoms with Gasteiger partial charge >= 0.3 is 0 Å². The molecule has 1 unspecified atom stereocenters. The second-order valence-corrected chi connectivity index (χ2v) is 8.65. The molecule has 0 aromatic heterocycles. The van der Waals surface area contributed by atoms with Crippen molar-refractivity contribution in [1.29, 1.82) is 5.26 Å². The normalized spacial score (nSPS) is 11.2.